The molecule has 4 rings (SSSR count). The fourth-order valence-corrected chi connectivity index (χ4v) is 10.4. The predicted molar refractivity (Wildman–Crippen MR) is 155 cm³/mol. The smallest absolute Gasteiger partial charge is 0.302 e. The monoisotopic (exact) mass is 586 g/mol. The van der Waals surface area contributed by atoms with Gasteiger partial charge in [0.25, 0.3) is 5.78 Å². The van der Waals surface area contributed by atoms with Crippen molar-refractivity contribution in [2.45, 2.75) is 120 Å². The van der Waals surface area contributed by atoms with E-state index in [1.54, 1.807) is 13.8 Å². The van der Waals surface area contributed by atoms with Gasteiger partial charge in [0.05, 0.1) is 0 Å². The Kier molecular flexibility index (Phi) is 8.25. The Morgan fingerprint density at radius 1 is 0.786 bits per heavy atom. The van der Waals surface area contributed by atoms with Crippen molar-refractivity contribution in [3.63, 3.8) is 0 Å². The first-order chi connectivity index (χ1) is 19.3. The third-order valence-corrected chi connectivity index (χ3v) is 12.9. The predicted octanol–water partition coefficient (Wildman–Crippen LogP) is 5.47. The lowest BCUT2D eigenvalue weighted by atomic mass is 9.33. The average molecular weight is 587 g/mol. The Hall–Kier alpha value is -2.38. The molecule has 0 bridgehead atoms. The molecule has 0 heterocycles. The van der Waals surface area contributed by atoms with E-state index in [1.165, 1.54) is 13.8 Å². The van der Waals surface area contributed by atoms with Crippen molar-refractivity contribution >= 4 is 35.1 Å². The summed E-state index contributed by atoms with van der Waals surface area (Å²) in [6, 6.07) is 0. The minimum atomic E-state index is -1.83. The molecule has 8 heteroatoms. The van der Waals surface area contributed by atoms with E-state index in [4.69, 9.17) is 9.47 Å². The Morgan fingerprint density at radius 2 is 1.43 bits per heavy atom. The molecule has 0 aromatic rings. The molecule has 0 saturated heterocycles. The van der Waals surface area contributed by atoms with Crippen LogP contribution in [0.25, 0.3) is 0 Å². The highest BCUT2D eigenvalue weighted by molar-refractivity contribution is 6.66. The van der Waals surface area contributed by atoms with E-state index in [0.717, 1.165) is 32.1 Å². The van der Waals surface area contributed by atoms with Crippen molar-refractivity contribution in [1.82, 2.24) is 0 Å². The van der Waals surface area contributed by atoms with Gasteiger partial charge in [0, 0.05) is 31.1 Å². The van der Waals surface area contributed by atoms with Gasteiger partial charge in [-0.25, -0.2) is 0 Å². The third kappa shape index (κ3) is 4.61. The maximum atomic E-state index is 14.5. The number of carbonyl (C=O) groups is 6. The molecule has 4 aliphatic rings. The summed E-state index contributed by atoms with van der Waals surface area (Å²) in [7, 11) is 0. The molecule has 234 valence electrons. The average Bonchev–Trinajstić information content (AvgIpc) is 2.89. The Morgan fingerprint density at radius 3 is 2.00 bits per heavy atom. The summed E-state index contributed by atoms with van der Waals surface area (Å²) in [5.74, 6) is -4.74. The number of ketones is 4. The van der Waals surface area contributed by atoms with E-state index in [0.29, 0.717) is 24.7 Å². The van der Waals surface area contributed by atoms with Gasteiger partial charge in [0.15, 0.2) is 5.78 Å². The molecule has 4 aliphatic carbocycles. The van der Waals surface area contributed by atoms with Crippen molar-refractivity contribution < 1.29 is 38.2 Å². The molecule has 4 fully saturated rings. The largest absolute Gasteiger partial charge is 0.464 e. The van der Waals surface area contributed by atoms with E-state index in [1.807, 2.05) is 0 Å². The lowest BCUT2D eigenvalue weighted by Gasteiger charge is -2.71. The van der Waals surface area contributed by atoms with Crippen molar-refractivity contribution in [2.24, 2.45) is 50.7 Å². The molecule has 0 N–H and O–H groups in total. The Bertz CT molecular complexity index is 1200. The SMILES string of the molecule is CC(=O)OC[C@@]1(C(=O)C(=O)C(=O)C(C)C)CC[C@]2(C)C(CCC3[C@@]4(C)CCC(OC(C)=O)C(C)(C)C4CC[C@]32C)C1=O. The minimum Gasteiger partial charge on any atom is -0.464 e. The first-order valence-electron chi connectivity index (χ1n) is 15.8. The highest BCUT2D eigenvalue weighted by atomic mass is 16.5. The molecule has 8 nitrogen and oxygen atoms in total. The van der Waals surface area contributed by atoms with E-state index >= 15 is 0 Å². The van der Waals surface area contributed by atoms with E-state index < -0.39 is 52.6 Å². The second-order valence-electron chi connectivity index (χ2n) is 15.5. The van der Waals surface area contributed by atoms with Crippen LogP contribution in [0.4, 0.5) is 0 Å². The molecule has 0 aliphatic heterocycles. The van der Waals surface area contributed by atoms with Crippen LogP contribution in [-0.2, 0) is 38.2 Å². The lowest BCUT2D eigenvalue weighted by Crippen LogP contribution is -2.68. The van der Waals surface area contributed by atoms with E-state index in [2.05, 4.69) is 34.6 Å². The van der Waals surface area contributed by atoms with Crippen LogP contribution in [0, 0.1) is 50.7 Å². The van der Waals surface area contributed by atoms with Gasteiger partial charge in [-0.3, -0.25) is 28.8 Å². The van der Waals surface area contributed by atoms with E-state index in [-0.39, 0.29) is 40.5 Å². The standard InChI is InChI=1S/C34H50O8/c1-19(2)26(37)27(38)29(40)34(18-41-20(3)35)17-16-32(8)22(28(34)39)10-11-24-31(7)14-13-25(42-21(4)36)30(5,6)23(31)12-15-33(24,32)9/h19,22-25H,10-18H2,1-9H3/t22?,23?,24?,25?,31-,32+,33+,34-/m0/s1. The van der Waals surface area contributed by atoms with Gasteiger partial charge in [-0.1, -0.05) is 48.5 Å². The molecular weight excluding hydrogens is 536 g/mol. The van der Waals surface area contributed by atoms with Crippen LogP contribution in [0.3, 0.4) is 0 Å². The fourth-order valence-electron chi connectivity index (χ4n) is 10.4. The number of hydrogen-bond donors (Lipinski definition) is 0. The van der Waals surface area contributed by atoms with E-state index in [9.17, 15) is 28.8 Å². The second-order valence-corrected chi connectivity index (χ2v) is 15.5. The molecular formula is C34H50O8. The van der Waals surface area contributed by atoms with Crippen LogP contribution in [0.2, 0.25) is 0 Å². The van der Waals surface area contributed by atoms with Crippen LogP contribution in [0.15, 0.2) is 0 Å². The van der Waals surface area contributed by atoms with Gasteiger partial charge in [0.1, 0.15) is 18.1 Å². The molecule has 0 aromatic heterocycles. The van der Waals surface area contributed by atoms with Crippen molar-refractivity contribution in [1.29, 1.82) is 0 Å². The maximum absolute atomic E-state index is 14.5. The molecule has 0 radical (unpaired) electrons. The number of esters is 2. The summed E-state index contributed by atoms with van der Waals surface area (Å²) in [6.45, 7) is 16.6. The summed E-state index contributed by atoms with van der Waals surface area (Å²) < 4.78 is 11.1. The normalized spacial score (nSPS) is 40.7. The lowest BCUT2D eigenvalue weighted by molar-refractivity contribution is -0.236. The van der Waals surface area contributed by atoms with Crippen molar-refractivity contribution in [3.05, 3.63) is 0 Å². The number of rotatable bonds is 7. The summed E-state index contributed by atoms with van der Waals surface area (Å²) >= 11 is 0. The zero-order valence-corrected chi connectivity index (χ0v) is 27.0. The van der Waals surface area contributed by atoms with Crippen LogP contribution >= 0.6 is 0 Å². The van der Waals surface area contributed by atoms with Gasteiger partial charge in [-0.05, 0) is 79.4 Å². The van der Waals surface area contributed by atoms with Gasteiger partial charge in [-0.2, -0.15) is 0 Å². The highest BCUT2D eigenvalue weighted by Crippen LogP contribution is 2.74. The third-order valence-electron chi connectivity index (χ3n) is 12.9. The number of ether oxygens (including phenoxy) is 2. The summed E-state index contributed by atoms with van der Waals surface area (Å²) in [5.41, 5.74) is -2.65. The fraction of sp³-hybridized carbons (Fsp3) is 0.824. The van der Waals surface area contributed by atoms with Crippen LogP contribution in [-0.4, -0.2) is 47.8 Å². The first-order valence-corrected chi connectivity index (χ1v) is 15.8. The summed E-state index contributed by atoms with van der Waals surface area (Å²) in [4.78, 5) is 77.6. The van der Waals surface area contributed by atoms with Crippen LogP contribution < -0.4 is 0 Å². The van der Waals surface area contributed by atoms with Gasteiger partial charge in [-0.15, -0.1) is 0 Å². The molecule has 0 amide bonds. The highest BCUT2D eigenvalue weighted by Gasteiger charge is 2.71. The summed E-state index contributed by atoms with van der Waals surface area (Å²) in [6.07, 6.45) is 5.45. The quantitative estimate of drug-likeness (QED) is 0.219. The zero-order valence-electron chi connectivity index (χ0n) is 27.0. The number of Topliss-reactive ketones (excluding diaryl/α,β-unsaturated/α-hetero) is 4. The Labute approximate surface area is 250 Å². The maximum Gasteiger partial charge on any atom is 0.302 e. The van der Waals surface area contributed by atoms with Crippen LogP contribution in [0.5, 0.6) is 0 Å². The molecule has 8 atom stereocenters. The first kappa shape index (κ1) is 32.5. The molecule has 4 unspecified atom stereocenters. The van der Waals surface area contributed by atoms with Gasteiger partial charge < -0.3 is 9.47 Å². The molecule has 4 saturated carbocycles. The van der Waals surface area contributed by atoms with Gasteiger partial charge in [0.2, 0.25) is 11.6 Å². The minimum absolute atomic E-state index is 0.00801. The zero-order chi connectivity index (χ0) is 31.6. The topological polar surface area (TPSA) is 121 Å². The van der Waals surface area contributed by atoms with Crippen molar-refractivity contribution in [2.75, 3.05) is 6.61 Å². The Balaban J connectivity index is 1.70. The second kappa shape index (κ2) is 10.7. The van der Waals surface area contributed by atoms with Crippen LogP contribution in [0.1, 0.15) is 114 Å². The van der Waals surface area contributed by atoms with Crippen molar-refractivity contribution in [3.8, 4) is 0 Å². The summed E-state index contributed by atoms with van der Waals surface area (Å²) in [5, 5.41) is 0. The molecule has 0 aromatic carbocycles. The number of fused-ring (bicyclic) bond motifs is 5. The van der Waals surface area contributed by atoms with Gasteiger partial charge >= 0.3 is 11.9 Å². The molecule has 0 spiro atoms. The number of hydrogen-bond acceptors (Lipinski definition) is 8. The number of carbonyl (C=O) groups excluding carboxylic acids is 6. The molecule has 42 heavy (non-hydrogen) atoms.